The molecule has 0 aliphatic heterocycles. The van der Waals surface area contributed by atoms with Crippen LogP contribution in [0.5, 0.6) is 0 Å². The van der Waals surface area contributed by atoms with Gasteiger partial charge in [-0.1, -0.05) is 27.7 Å². The van der Waals surface area contributed by atoms with Crippen molar-refractivity contribution in [1.82, 2.24) is 5.32 Å². The maximum atomic E-state index is 12.1. The Hall–Kier alpha value is -0.610. The van der Waals surface area contributed by atoms with Crippen molar-refractivity contribution < 1.29 is 9.53 Å². The van der Waals surface area contributed by atoms with Gasteiger partial charge in [0.1, 0.15) is 6.10 Å². The van der Waals surface area contributed by atoms with Gasteiger partial charge in [-0.3, -0.25) is 4.79 Å². The van der Waals surface area contributed by atoms with Crippen LogP contribution in [0.3, 0.4) is 0 Å². The molecule has 0 rings (SSSR count). The Labute approximate surface area is 118 Å². The molecule has 0 saturated carbocycles. The second-order valence-electron chi connectivity index (χ2n) is 6.55. The smallest absolute Gasteiger partial charge is 0.249 e. The molecular weight excluding hydrogens is 240 g/mol. The highest BCUT2D eigenvalue weighted by Gasteiger charge is 2.28. The van der Waals surface area contributed by atoms with Crippen LogP contribution in [0.1, 0.15) is 54.4 Å². The first-order valence-electron chi connectivity index (χ1n) is 7.34. The lowest BCUT2D eigenvalue weighted by molar-refractivity contribution is -0.133. The number of carbonyl (C=O) groups excluding carboxylic acids is 1. The molecule has 3 N–H and O–H groups in total. The Morgan fingerprint density at radius 1 is 1.21 bits per heavy atom. The number of hydrogen-bond donors (Lipinski definition) is 2. The lowest BCUT2D eigenvalue weighted by Crippen LogP contribution is -2.54. The molecule has 0 aromatic carbocycles. The minimum absolute atomic E-state index is 0.0719. The maximum absolute atomic E-state index is 12.1. The van der Waals surface area contributed by atoms with E-state index in [0.717, 1.165) is 12.8 Å². The monoisotopic (exact) mass is 272 g/mol. The van der Waals surface area contributed by atoms with E-state index in [9.17, 15) is 4.79 Å². The average molecular weight is 272 g/mol. The molecule has 0 aromatic heterocycles. The van der Waals surface area contributed by atoms with E-state index in [4.69, 9.17) is 10.5 Å². The van der Waals surface area contributed by atoms with E-state index in [0.29, 0.717) is 25.0 Å². The molecule has 0 heterocycles. The molecule has 0 saturated heterocycles. The third-order valence-corrected chi connectivity index (χ3v) is 3.17. The van der Waals surface area contributed by atoms with Gasteiger partial charge in [-0.05, 0) is 38.5 Å². The summed E-state index contributed by atoms with van der Waals surface area (Å²) in [6, 6.07) is 0. The number of nitrogens with one attached hydrogen (secondary N) is 1. The SMILES string of the molecule is CC(C)CCOC(C)C(=O)NC(C)(CN)CC(C)C. The predicted molar refractivity (Wildman–Crippen MR) is 79.9 cm³/mol. The van der Waals surface area contributed by atoms with Gasteiger partial charge in [0.05, 0.1) is 0 Å². The molecule has 0 fully saturated rings. The van der Waals surface area contributed by atoms with Crippen LogP contribution < -0.4 is 11.1 Å². The summed E-state index contributed by atoms with van der Waals surface area (Å²) in [5.41, 5.74) is 5.44. The highest BCUT2D eigenvalue weighted by Crippen LogP contribution is 2.15. The first-order valence-corrected chi connectivity index (χ1v) is 7.34. The molecule has 4 nitrogen and oxygen atoms in total. The molecule has 0 aliphatic carbocycles. The molecule has 0 aromatic rings. The van der Waals surface area contributed by atoms with Gasteiger partial charge in [0.15, 0.2) is 0 Å². The lowest BCUT2D eigenvalue weighted by Gasteiger charge is -2.32. The fourth-order valence-corrected chi connectivity index (χ4v) is 2.04. The average Bonchev–Trinajstić information content (AvgIpc) is 2.27. The zero-order chi connectivity index (χ0) is 15.1. The quantitative estimate of drug-likeness (QED) is 0.677. The van der Waals surface area contributed by atoms with Gasteiger partial charge in [-0.2, -0.15) is 0 Å². The molecule has 0 spiro atoms. The number of hydrogen-bond acceptors (Lipinski definition) is 3. The van der Waals surface area contributed by atoms with Gasteiger partial charge >= 0.3 is 0 Å². The van der Waals surface area contributed by atoms with Gasteiger partial charge in [0.25, 0.3) is 0 Å². The third-order valence-electron chi connectivity index (χ3n) is 3.17. The predicted octanol–water partition coefficient (Wildman–Crippen LogP) is 2.32. The summed E-state index contributed by atoms with van der Waals surface area (Å²) in [5, 5.41) is 3.02. The molecule has 19 heavy (non-hydrogen) atoms. The zero-order valence-corrected chi connectivity index (χ0v) is 13.5. The molecular formula is C15H32N2O2. The fraction of sp³-hybridized carbons (Fsp3) is 0.933. The van der Waals surface area contributed by atoms with Gasteiger partial charge in [0, 0.05) is 18.7 Å². The van der Waals surface area contributed by atoms with Crippen LogP contribution in [0.25, 0.3) is 0 Å². The van der Waals surface area contributed by atoms with E-state index in [1.165, 1.54) is 0 Å². The molecule has 0 aliphatic rings. The Kier molecular flexibility index (Phi) is 8.26. The Morgan fingerprint density at radius 3 is 2.21 bits per heavy atom. The summed E-state index contributed by atoms with van der Waals surface area (Å²) in [4.78, 5) is 12.1. The van der Waals surface area contributed by atoms with Crippen molar-refractivity contribution in [2.24, 2.45) is 17.6 Å². The summed E-state index contributed by atoms with van der Waals surface area (Å²) in [7, 11) is 0. The minimum atomic E-state index is -0.420. The van der Waals surface area contributed by atoms with Crippen molar-refractivity contribution in [3.63, 3.8) is 0 Å². The van der Waals surface area contributed by atoms with E-state index in [1.807, 2.05) is 6.92 Å². The van der Waals surface area contributed by atoms with Crippen LogP contribution in [0.15, 0.2) is 0 Å². The number of ether oxygens (including phenoxy) is 1. The van der Waals surface area contributed by atoms with Crippen molar-refractivity contribution in [1.29, 1.82) is 0 Å². The molecule has 2 atom stereocenters. The fourth-order valence-electron chi connectivity index (χ4n) is 2.04. The lowest BCUT2D eigenvalue weighted by atomic mass is 9.90. The van der Waals surface area contributed by atoms with Crippen LogP contribution in [-0.2, 0) is 9.53 Å². The molecule has 0 radical (unpaired) electrons. The number of amides is 1. The Balaban J connectivity index is 4.24. The van der Waals surface area contributed by atoms with E-state index in [2.05, 4.69) is 33.0 Å². The summed E-state index contributed by atoms with van der Waals surface area (Å²) >= 11 is 0. The van der Waals surface area contributed by atoms with Gasteiger partial charge in [0.2, 0.25) is 5.91 Å². The maximum Gasteiger partial charge on any atom is 0.249 e. The largest absolute Gasteiger partial charge is 0.369 e. The summed E-state index contributed by atoms with van der Waals surface area (Å²) in [6.45, 7) is 13.4. The van der Waals surface area contributed by atoms with Crippen molar-refractivity contribution in [2.45, 2.75) is 66.0 Å². The molecule has 2 unspecified atom stereocenters. The van der Waals surface area contributed by atoms with Gasteiger partial charge in [-0.15, -0.1) is 0 Å². The number of carbonyl (C=O) groups is 1. The van der Waals surface area contributed by atoms with E-state index in [1.54, 1.807) is 6.92 Å². The first-order chi connectivity index (χ1) is 8.70. The van der Waals surface area contributed by atoms with Crippen LogP contribution in [-0.4, -0.2) is 30.7 Å². The third kappa shape index (κ3) is 8.22. The van der Waals surface area contributed by atoms with Gasteiger partial charge < -0.3 is 15.8 Å². The van der Waals surface area contributed by atoms with Crippen LogP contribution in [0, 0.1) is 11.8 Å². The highest BCUT2D eigenvalue weighted by atomic mass is 16.5. The van der Waals surface area contributed by atoms with Crippen molar-refractivity contribution in [3.8, 4) is 0 Å². The number of rotatable bonds is 9. The van der Waals surface area contributed by atoms with E-state index < -0.39 is 6.10 Å². The standard InChI is InChI=1S/C15H32N2O2/c1-11(2)7-8-19-13(5)14(18)17-15(6,10-16)9-12(3)4/h11-13H,7-10,16H2,1-6H3,(H,17,18). The van der Waals surface area contributed by atoms with Crippen molar-refractivity contribution >= 4 is 5.91 Å². The minimum Gasteiger partial charge on any atom is -0.369 e. The summed E-state index contributed by atoms with van der Waals surface area (Å²) in [5.74, 6) is 1.01. The van der Waals surface area contributed by atoms with Crippen LogP contribution >= 0.6 is 0 Å². The second-order valence-corrected chi connectivity index (χ2v) is 6.55. The Morgan fingerprint density at radius 2 is 1.79 bits per heavy atom. The van der Waals surface area contributed by atoms with Crippen molar-refractivity contribution in [2.75, 3.05) is 13.2 Å². The molecule has 114 valence electrons. The van der Waals surface area contributed by atoms with Gasteiger partial charge in [-0.25, -0.2) is 0 Å². The first kappa shape index (κ1) is 18.4. The number of nitrogens with two attached hydrogens (primary N) is 1. The zero-order valence-electron chi connectivity index (χ0n) is 13.5. The van der Waals surface area contributed by atoms with Crippen LogP contribution in [0.4, 0.5) is 0 Å². The van der Waals surface area contributed by atoms with E-state index >= 15 is 0 Å². The van der Waals surface area contributed by atoms with Crippen molar-refractivity contribution in [3.05, 3.63) is 0 Å². The Bertz CT molecular complexity index is 267. The highest BCUT2D eigenvalue weighted by molar-refractivity contribution is 5.81. The second kappa shape index (κ2) is 8.54. The molecule has 4 heteroatoms. The molecule has 1 amide bonds. The normalized spacial score (nSPS) is 16.5. The molecule has 0 bridgehead atoms. The van der Waals surface area contributed by atoms with E-state index in [-0.39, 0.29) is 11.4 Å². The van der Waals surface area contributed by atoms with Crippen LogP contribution in [0.2, 0.25) is 0 Å². The summed E-state index contributed by atoms with van der Waals surface area (Å²) < 4.78 is 5.56. The topological polar surface area (TPSA) is 64.3 Å². The summed E-state index contributed by atoms with van der Waals surface area (Å²) in [6.07, 6.45) is 1.42.